The molecular formula is C24H37NO3. The van der Waals surface area contributed by atoms with Crippen LogP contribution in [-0.2, 0) is 9.59 Å². The van der Waals surface area contributed by atoms with Crippen LogP contribution >= 0.6 is 0 Å². The Morgan fingerprint density at radius 1 is 1.04 bits per heavy atom. The maximum Gasteiger partial charge on any atom is 0.225 e. The first-order chi connectivity index (χ1) is 13.2. The smallest absolute Gasteiger partial charge is 0.225 e. The number of allylic oxidation sites excluding steroid dienone is 6. The standard InChI is InChI=1S/C24H37NO3/c1-7-8-9-13-19-21(25-17(4)5)22(26)20(24(28)23(19)27)15-14-18(6)12-10-11-16(2)3/h11,14,17,25,28H,7-10,12-13,15H2,1-6H3. The lowest BCUT2D eigenvalue weighted by Crippen LogP contribution is -2.35. The molecule has 0 heterocycles. The van der Waals surface area contributed by atoms with Crippen LogP contribution in [0.1, 0.15) is 86.5 Å². The minimum Gasteiger partial charge on any atom is -0.504 e. The predicted octanol–water partition coefficient (Wildman–Crippen LogP) is 5.87. The van der Waals surface area contributed by atoms with Gasteiger partial charge in [-0.2, -0.15) is 0 Å². The highest BCUT2D eigenvalue weighted by Crippen LogP contribution is 2.28. The molecule has 28 heavy (non-hydrogen) atoms. The zero-order valence-electron chi connectivity index (χ0n) is 18.4. The van der Waals surface area contributed by atoms with E-state index in [1.54, 1.807) is 0 Å². The number of aliphatic hydroxyl groups is 1. The predicted molar refractivity (Wildman–Crippen MR) is 116 cm³/mol. The van der Waals surface area contributed by atoms with Crippen LogP contribution < -0.4 is 5.32 Å². The van der Waals surface area contributed by atoms with E-state index in [0.29, 0.717) is 17.7 Å². The van der Waals surface area contributed by atoms with Gasteiger partial charge in [0.15, 0.2) is 5.76 Å². The van der Waals surface area contributed by atoms with Crippen molar-refractivity contribution < 1.29 is 14.7 Å². The van der Waals surface area contributed by atoms with Crippen molar-refractivity contribution in [1.82, 2.24) is 5.32 Å². The van der Waals surface area contributed by atoms with Gasteiger partial charge in [0, 0.05) is 11.6 Å². The second-order valence-corrected chi connectivity index (χ2v) is 8.17. The number of rotatable bonds is 11. The summed E-state index contributed by atoms with van der Waals surface area (Å²) in [5, 5.41) is 13.6. The molecule has 0 saturated carbocycles. The fourth-order valence-electron chi connectivity index (χ4n) is 3.18. The summed E-state index contributed by atoms with van der Waals surface area (Å²) in [5.74, 6) is -1.02. The lowest BCUT2D eigenvalue weighted by Gasteiger charge is -2.23. The Morgan fingerprint density at radius 3 is 2.29 bits per heavy atom. The number of hydrogen-bond acceptors (Lipinski definition) is 4. The Balaban J connectivity index is 3.03. The van der Waals surface area contributed by atoms with Crippen molar-refractivity contribution in [2.75, 3.05) is 0 Å². The third-order valence-corrected chi connectivity index (χ3v) is 4.79. The number of carbonyl (C=O) groups excluding carboxylic acids is 2. The average molecular weight is 388 g/mol. The highest BCUT2D eigenvalue weighted by Gasteiger charge is 2.34. The molecule has 156 valence electrons. The Labute approximate surface area is 170 Å². The second kappa shape index (κ2) is 11.7. The van der Waals surface area contributed by atoms with Crippen LogP contribution in [0.4, 0.5) is 0 Å². The quantitative estimate of drug-likeness (QED) is 0.264. The summed E-state index contributed by atoms with van der Waals surface area (Å²) in [5.41, 5.74) is 3.44. The number of carbonyl (C=O) groups is 2. The van der Waals surface area contributed by atoms with E-state index in [1.807, 2.05) is 26.8 Å². The van der Waals surface area contributed by atoms with Crippen LogP contribution in [-0.4, -0.2) is 22.7 Å². The van der Waals surface area contributed by atoms with Crippen molar-refractivity contribution in [2.24, 2.45) is 0 Å². The summed E-state index contributed by atoms with van der Waals surface area (Å²) in [7, 11) is 0. The Bertz CT molecular complexity index is 701. The van der Waals surface area contributed by atoms with Crippen LogP contribution in [0, 0.1) is 0 Å². The molecule has 0 unspecified atom stereocenters. The van der Waals surface area contributed by atoms with E-state index in [0.717, 1.165) is 37.7 Å². The molecule has 0 bridgehead atoms. The van der Waals surface area contributed by atoms with Gasteiger partial charge in [0.2, 0.25) is 11.6 Å². The SMILES string of the molecule is CCCCCC1=C(NC(C)C)C(=O)C(CC=C(C)CCC=C(C)C)=C(O)C1=O. The molecule has 1 aliphatic carbocycles. The van der Waals surface area contributed by atoms with E-state index in [4.69, 9.17) is 0 Å². The van der Waals surface area contributed by atoms with E-state index in [-0.39, 0.29) is 29.6 Å². The maximum absolute atomic E-state index is 13.0. The van der Waals surface area contributed by atoms with Gasteiger partial charge < -0.3 is 10.4 Å². The molecule has 0 amide bonds. The molecule has 1 aliphatic rings. The number of nitrogens with one attached hydrogen (secondary N) is 1. The maximum atomic E-state index is 13.0. The molecule has 4 nitrogen and oxygen atoms in total. The molecule has 0 saturated heterocycles. The summed E-state index contributed by atoms with van der Waals surface area (Å²) in [6.45, 7) is 12.1. The molecule has 0 aromatic rings. The fraction of sp³-hybridized carbons (Fsp3) is 0.583. The monoisotopic (exact) mass is 387 g/mol. The zero-order valence-corrected chi connectivity index (χ0v) is 18.4. The number of aliphatic hydroxyl groups excluding tert-OH is 1. The van der Waals surface area contributed by atoms with Gasteiger partial charge in [-0.1, -0.05) is 43.1 Å². The van der Waals surface area contributed by atoms with Crippen molar-refractivity contribution >= 4 is 11.6 Å². The number of hydrogen-bond donors (Lipinski definition) is 2. The van der Waals surface area contributed by atoms with E-state index in [1.165, 1.54) is 5.57 Å². The third-order valence-electron chi connectivity index (χ3n) is 4.79. The number of Topliss-reactive ketones (excluding diaryl/α,β-unsaturated/α-hetero) is 2. The fourth-order valence-corrected chi connectivity index (χ4v) is 3.18. The normalized spacial score (nSPS) is 15.6. The lowest BCUT2D eigenvalue weighted by molar-refractivity contribution is -0.118. The second-order valence-electron chi connectivity index (χ2n) is 8.17. The summed E-state index contributed by atoms with van der Waals surface area (Å²) in [4.78, 5) is 25.8. The van der Waals surface area contributed by atoms with Gasteiger partial charge in [0.05, 0.1) is 11.3 Å². The van der Waals surface area contributed by atoms with Gasteiger partial charge >= 0.3 is 0 Å². The van der Waals surface area contributed by atoms with Crippen LogP contribution in [0.3, 0.4) is 0 Å². The molecule has 4 heteroatoms. The van der Waals surface area contributed by atoms with E-state index >= 15 is 0 Å². The van der Waals surface area contributed by atoms with E-state index in [2.05, 4.69) is 32.2 Å². The van der Waals surface area contributed by atoms with E-state index < -0.39 is 5.78 Å². The molecule has 0 aromatic carbocycles. The van der Waals surface area contributed by atoms with Gasteiger partial charge in [-0.3, -0.25) is 9.59 Å². The Hall–Kier alpha value is -2.10. The third kappa shape index (κ3) is 7.14. The van der Waals surface area contributed by atoms with Crippen molar-refractivity contribution in [3.8, 4) is 0 Å². The van der Waals surface area contributed by atoms with Crippen molar-refractivity contribution in [2.45, 2.75) is 92.5 Å². The Kier molecular flexibility index (Phi) is 9.98. The first-order valence-corrected chi connectivity index (χ1v) is 10.5. The summed E-state index contributed by atoms with van der Waals surface area (Å²) in [6, 6.07) is 0.0377. The average Bonchev–Trinajstić information content (AvgIpc) is 2.61. The first-order valence-electron chi connectivity index (χ1n) is 10.5. The highest BCUT2D eigenvalue weighted by molar-refractivity contribution is 6.24. The largest absolute Gasteiger partial charge is 0.504 e. The molecular weight excluding hydrogens is 350 g/mol. The molecule has 0 atom stereocenters. The number of unbranched alkanes of at least 4 members (excludes halogenated alkanes) is 2. The summed E-state index contributed by atoms with van der Waals surface area (Å²) < 4.78 is 0. The zero-order chi connectivity index (χ0) is 21.3. The van der Waals surface area contributed by atoms with Gasteiger partial charge in [-0.15, -0.1) is 0 Å². The lowest BCUT2D eigenvalue weighted by atomic mass is 9.87. The molecule has 0 fully saturated rings. The van der Waals surface area contributed by atoms with Crippen LogP contribution in [0.2, 0.25) is 0 Å². The van der Waals surface area contributed by atoms with Crippen LogP contribution in [0.25, 0.3) is 0 Å². The van der Waals surface area contributed by atoms with Crippen LogP contribution in [0.15, 0.2) is 45.9 Å². The minimum atomic E-state index is -0.399. The molecule has 0 spiro atoms. The Morgan fingerprint density at radius 2 is 1.71 bits per heavy atom. The summed E-state index contributed by atoms with van der Waals surface area (Å²) in [6.07, 6.45) is 9.63. The highest BCUT2D eigenvalue weighted by atomic mass is 16.3. The first kappa shape index (κ1) is 23.9. The van der Waals surface area contributed by atoms with Crippen molar-refractivity contribution in [3.05, 3.63) is 45.9 Å². The number of ketones is 2. The van der Waals surface area contributed by atoms with E-state index in [9.17, 15) is 14.7 Å². The molecule has 0 aliphatic heterocycles. The minimum absolute atomic E-state index is 0.0377. The van der Waals surface area contributed by atoms with Crippen molar-refractivity contribution in [1.29, 1.82) is 0 Å². The van der Waals surface area contributed by atoms with Crippen LogP contribution in [0.5, 0.6) is 0 Å². The molecule has 1 rings (SSSR count). The molecule has 0 aromatic heterocycles. The van der Waals surface area contributed by atoms with Gasteiger partial charge in [-0.25, -0.2) is 0 Å². The van der Waals surface area contributed by atoms with Gasteiger partial charge in [0.1, 0.15) is 0 Å². The molecule has 2 N–H and O–H groups in total. The summed E-state index contributed by atoms with van der Waals surface area (Å²) >= 11 is 0. The van der Waals surface area contributed by atoms with Crippen molar-refractivity contribution in [3.63, 3.8) is 0 Å². The van der Waals surface area contributed by atoms with Gasteiger partial charge in [0.25, 0.3) is 0 Å². The van der Waals surface area contributed by atoms with Gasteiger partial charge in [-0.05, 0) is 66.7 Å². The molecule has 0 radical (unpaired) electrons. The topological polar surface area (TPSA) is 66.4 Å².